The molecule has 1 unspecified atom stereocenters. The van der Waals surface area contributed by atoms with Crippen LogP contribution >= 0.6 is 0 Å². The van der Waals surface area contributed by atoms with Crippen molar-refractivity contribution in [2.24, 2.45) is 0 Å². The predicted octanol–water partition coefficient (Wildman–Crippen LogP) is 2.56. The van der Waals surface area contributed by atoms with Crippen LogP contribution in [-0.4, -0.2) is 33.1 Å². The van der Waals surface area contributed by atoms with Crippen molar-refractivity contribution >= 4 is 9.84 Å². The summed E-state index contributed by atoms with van der Waals surface area (Å²) in [6, 6.07) is 8.11. The molecule has 0 fully saturated rings. The average Bonchev–Trinajstić information content (AvgIpc) is 2.45. The van der Waals surface area contributed by atoms with Crippen molar-refractivity contribution in [2.75, 3.05) is 24.7 Å². The highest BCUT2D eigenvalue weighted by Gasteiger charge is 2.08. The van der Waals surface area contributed by atoms with Crippen LogP contribution in [0.2, 0.25) is 0 Å². The quantitative estimate of drug-likeness (QED) is 0.761. The number of benzene rings is 1. The van der Waals surface area contributed by atoms with Crippen LogP contribution in [0.4, 0.5) is 0 Å². The van der Waals surface area contributed by atoms with E-state index in [1.165, 1.54) is 5.56 Å². The molecule has 0 aromatic heterocycles. The van der Waals surface area contributed by atoms with E-state index in [0.717, 1.165) is 13.0 Å². The lowest BCUT2D eigenvalue weighted by Crippen LogP contribution is -2.19. The summed E-state index contributed by atoms with van der Waals surface area (Å²) in [4.78, 5) is 0. The topological polar surface area (TPSA) is 55.4 Å². The molecule has 0 saturated carbocycles. The van der Waals surface area contributed by atoms with Crippen LogP contribution in [0, 0.1) is 0 Å². The molecule has 0 heterocycles. The van der Waals surface area contributed by atoms with Gasteiger partial charge in [0.05, 0.1) is 5.75 Å². The summed E-state index contributed by atoms with van der Waals surface area (Å²) in [7, 11) is -2.96. The second-order valence-corrected chi connectivity index (χ2v) is 7.30. The highest BCUT2D eigenvalue weighted by Crippen LogP contribution is 2.17. The van der Waals surface area contributed by atoms with Gasteiger partial charge in [-0.05, 0) is 37.6 Å². The van der Waals surface area contributed by atoms with Gasteiger partial charge in [0.1, 0.15) is 12.4 Å². The molecule has 0 radical (unpaired) electrons. The Labute approximate surface area is 122 Å². The molecule has 0 aliphatic rings. The molecule has 4 nitrogen and oxygen atoms in total. The van der Waals surface area contributed by atoms with E-state index < -0.39 is 9.84 Å². The summed E-state index contributed by atoms with van der Waals surface area (Å²) in [5, 5.41) is 3.42. The molecule has 0 saturated heterocycles. The number of ether oxygens (including phenoxy) is 1. The molecule has 0 bridgehead atoms. The highest BCUT2D eigenvalue weighted by atomic mass is 32.2. The van der Waals surface area contributed by atoms with Crippen molar-refractivity contribution in [3.05, 3.63) is 29.8 Å². The zero-order chi connectivity index (χ0) is 15.0. The number of hydrogen-bond donors (Lipinski definition) is 1. The Hall–Kier alpha value is -1.07. The van der Waals surface area contributed by atoms with Gasteiger partial charge in [-0.1, -0.05) is 26.0 Å². The molecule has 0 amide bonds. The highest BCUT2D eigenvalue weighted by molar-refractivity contribution is 7.91. The van der Waals surface area contributed by atoms with Gasteiger partial charge in [0.25, 0.3) is 0 Å². The second-order valence-electron chi connectivity index (χ2n) is 4.83. The molecule has 1 aromatic rings. The second kappa shape index (κ2) is 8.27. The van der Waals surface area contributed by atoms with Gasteiger partial charge in [-0.3, -0.25) is 0 Å². The van der Waals surface area contributed by atoms with Crippen LogP contribution in [0.3, 0.4) is 0 Å². The number of nitrogens with one attached hydrogen (secondary N) is 1. The summed E-state index contributed by atoms with van der Waals surface area (Å²) in [5.74, 6) is 0.943. The van der Waals surface area contributed by atoms with Gasteiger partial charge >= 0.3 is 0 Å². The van der Waals surface area contributed by atoms with E-state index in [1.54, 1.807) is 6.92 Å². The van der Waals surface area contributed by atoms with Gasteiger partial charge in [-0.2, -0.15) is 0 Å². The molecule has 1 aromatic carbocycles. The number of rotatable bonds is 9. The minimum Gasteiger partial charge on any atom is -0.493 e. The van der Waals surface area contributed by atoms with Crippen LogP contribution < -0.4 is 10.1 Å². The lowest BCUT2D eigenvalue weighted by Gasteiger charge is -2.14. The summed E-state index contributed by atoms with van der Waals surface area (Å²) in [5.41, 5.74) is 1.20. The van der Waals surface area contributed by atoms with Gasteiger partial charge in [0.2, 0.25) is 0 Å². The normalized spacial score (nSPS) is 13.2. The molecule has 20 heavy (non-hydrogen) atoms. The Morgan fingerprint density at radius 1 is 1.20 bits per heavy atom. The third-order valence-corrected chi connectivity index (χ3v) is 4.85. The van der Waals surface area contributed by atoms with Gasteiger partial charge in [0, 0.05) is 11.8 Å². The Morgan fingerprint density at radius 3 is 2.40 bits per heavy atom. The first-order valence-corrected chi connectivity index (χ1v) is 8.97. The van der Waals surface area contributed by atoms with Gasteiger partial charge < -0.3 is 10.1 Å². The lowest BCUT2D eigenvalue weighted by atomic mass is 10.1. The van der Waals surface area contributed by atoms with Crippen LogP contribution in [0.15, 0.2) is 24.3 Å². The lowest BCUT2D eigenvalue weighted by molar-refractivity contribution is 0.340. The number of hydrogen-bond acceptors (Lipinski definition) is 4. The maximum atomic E-state index is 11.3. The number of sulfone groups is 1. The fraction of sp³-hybridized carbons (Fsp3) is 0.600. The summed E-state index contributed by atoms with van der Waals surface area (Å²) in [6.07, 6.45) is 1.11. The van der Waals surface area contributed by atoms with E-state index in [-0.39, 0.29) is 18.1 Å². The Balaban J connectivity index is 2.46. The summed E-state index contributed by atoms with van der Waals surface area (Å²) in [6.45, 7) is 7.11. The van der Waals surface area contributed by atoms with E-state index in [1.807, 2.05) is 24.3 Å². The maximum absolute atomic E-state index is 11.3. The first kappa shape index (κ1) is 17.0. The summed E-state index contributed by atoms with van der Waals surface area (Å²) >= 11 is 0. The molecule has 114 valence electrons. The van der Waals surface area contributed by atoms with Crippen molar-refractivity contribution in [3.8, 4) is 5.75 Å². The van der Waals surface area contributed by atoms with Crippen molar-refractivity contribution in [3.63, 3.8) is 0 Å². The van der Waals surface area contributed by atoms with E-state index in [9.17, 15) is 8.42 Å². The molecule has 0 aliphatic carbocycles. The zero-order valence-corrected chi connectivity index (χ0v) is 13.4. The fourth-order valence-corrected chi connectivity index (χ4v) is 2.39. The minimum absolute atomic E-state index is 0.0692. The zero-order valence-electron chi connectivity index (χ0n) is 12.6. The van der Waals surface area contributed by atoms with Gasteiger partial charge in [-0.25, -0.2) is 8.42 Å². The van der Waals surface area contributed by atoms with Crippen molar-refractivity contribution in [1.29, 1.82) is 0 Å². The smallest absolute Gasteiger partial charge is 0.153 e. The standard InChI is InChI=1S/C15H25NO3S/c1-4-10-16-13(3)14-6-8-15(9-7-14)19-11-12-20(17,18)5-2/h6-9,13,16H,4-5,10-12H2,1-3H3. The average molecular weight is 299 g/mol. The Bertz CT molecular complexity index is 482. The van der Waals surface area contributed by atoms with Crippen LogP contribution in [-0.2, 0) is 9.84 Å². The first-order chi connectivity index (χ1) is 9.48. The van der Waals surface area contributed by atoms with Crippen molar-refractivity contribution in [2.45, 2.75) is 33.2 Å². The van der Waals surface area contributed by atoms with Gasteiger partial charge in [-0.15, -0.1) is 0 Å². The molecule has 0 spiro atoms. The molecule has 1 rings (SSSR count). The molecule has 1 N–H and O–H groups in total. The van der Waals surface area contributed by atoms with Gasteiger partial charge in [0.15, 0.2) is 9.84 Å². The third-order valence-electron chi connectivity index (χ3n) is 3.18. The first-order valence-electron chi connectivity index (χ1n) is 7.15. The third kappa shape index (κ3) is 5.92. The Kier molecular flexibility index (Phi) is 7.02. The van der Waals surface area contributed by atoms with Crippen molar-refractivity contribution < 1.29 is 13.2 Å². The van der Waals surface area contributed by atoms with Crippen LogP contribution in [0.5, 0.6) is 5.75 Å². The Morgan fingerprint density at radius 2 is 1.85 bits per heavy atom. The SMILES string of the molecule is CCCNC(C)c1ccc(OCCS(=O)(=O)CC)cc1. The van der Waals surface area contributed by atoms with Crippen LogP contribution in [0.1, 0.15) is 38.8 Å². The molecule has 1 atom stereocenters. The van der Waals surface area contributed by atoms with E-state index >= 15 is 0 Å². The molecular formula is C15H25NO3S. The van der Waals surface area contributed by atoms with Crippen LogP contribution in [0.25, 0.3) is 0 Å². The molecular weight excluding hydrogens is 274 g/mol. The van der Waals surface area contributed by atoms with Crippen molar-refractivity contribution in [1.82, 2.24) is 5.32 Å². The monoisotopic (exact) mass is 299 g/mol. The minimum atomic E-state index is -2.96. The molecule has 5 heteroatoms. The van der Waals surface area contributed by atoms with E-state index in [4.69, 9.17) is 4.74 Å². The predicted molar refractivity (Wildman–Crippen MR) is 83.0 cm³/mol. The van der Waals surface area contributed by atoms with E-state index in [2.05, 4.69) is 19.2 Å². The molecule has 0 aliphatic heterocycles. The maximum Gasteiger partial charge on any atom is 0.153 e. The largest absolute Gasteiger partial charge is 0.493 e. The fourth-order valence-electron chi connectivity index (χ4n) is 1.76. The summed E-state index contributed by atoms with van der Waals surface area (Å²) < 4.78 is 28.2. The van der Waals surface area contributed by atoms with E-state index in [0.29, 0.717) is 11.8 Å².